The molecule has 1 fully saturated rings. The second kappa shape index (κ2) is 5.80. The number of sulfone groups is 1. The molecule has 0 aliphatic carbocycles. The van der Waals surface area contributed by atoms with Crippen molar-refractivity contribution in [3.63, 3.8) is 0 Å². The Morgan fingerprint density at radius 1 is 1.50 bits per heavy atom. The van der Waals surface area contributed by atoms with Crippen LogP contribution in [0.1, 0.15) is 23.2 Å². The van der Waals surface area contributed by atoms with E-state index in [4.69, 9.17) is 14.6 Å². The zero-order valence-corrected chi connectivity index (χ0v) is 11.9. The van der Waals surface area contributed by atoms with Crippen LogP contribution in [0.25, 0.3) is 0 Å². The second-order valence-corrected chi connectivity index (χ2v) is 6.62. The van der Waals surface area contributed by atoms with Crippen LogP contribution in [0.15, 0.2) is 23.1 Å². The van der Waals surface area contributed by atoms with E-state index in [1.54, 1.807) is 0 Å². The predicted octanol–water partition coefficient (Wildman–Crippen LogP) is 1.35. The Bertz CT molecular complexity index is 601. The molecule has 0 amide bonds. The van der Waals surface area contributed by atoms with Gasteiger partial charge in [0.2, 0.25) is 0 Å². The lowest BCUT2D eigenvalue weighted by Crippen LogP contribution is -2.20. The maximum atomic E-state index is 12.2. The van der Waals surface area contributed by atoms with Crippen molar-refractivity contribution in [2.75, 3.05) is 19.5 Å². The van der Waals surface area contributed by atoms with Gasteiger partial charge in [-0.15, -0.1) is 0 Å². The summed E-state index contributed by atoms with van der Waals surface area (Å²) in [5, 5.41) is 9.07. The van der Waals surface area contributed by atoms with Crippen molar-refractivity contribution in [1.82, 2.24) is 0 Å². The van der Waals surface area contributed by atoms with Gasteiger partial charge in [0.15, 0.2) is 9.84 Å². The predicted molar refractivity (Wildman–Crippen MR) is 71.0 cm³/mol. The van der Waals surface area contributed by atoms with Gasteiger partial charge in [0.1, 0.15) is 11.3 Å². The second-order valence-electron chi connectivity index (χ2n) is 4.58. The quantitative estimate of drug-likeness (QED) is 0.882. The number of rotatable bonds is 5. The van der Waals surface area contributed by atoms with Crippen LogP contribution in [0.5, 0.6) is 5.75 Å². The first-order valence-corrected chi connectivity index (χ1v) is 7.85. The van der Waals surface area contributed by atoms with Gasteiger partial charge in [0.25, 0.3) is 0 Å². The molecule has 20 heavy (non-hydrogen) atoms. The summed E-state index contributed by atoms with van der Waals surface area (Å²) in [6.45, 7) is 0.573. The largest absolute Gasteiger partial charge is 0.496 e. The minimum absolute atomic E-state index is 0.0220. The molecular weight excluding hydrogens is 284 g/mol. The molecule has 1 unspecified atom stereocenters. The molecule has 2 rings (SSSR count). The Balaban J connectivity index is 2.31. The van der Waals surface area contributed by atoms with Crippen molar-refractivity contribution in [1.29, 1.82) is 0 Å². The molecule has 1 aliphatic rings. The van der Waals surface area contributed by atoms with Crippen molar-refractivity contribution in [3.8, 4) is 5.75 Å². The number of methoxy groups -OCH3 is 1. The summed E-state index contributed by atoms with van der Waals surface area (Å²) in [5.74, 6) is -1.22. The SMILES string of the molecule is COc1ccc(S(=O)(=O)CC2CCCO2)cc1C(=O)O. The van der Waals surface area contributed by atoms with Gasteiger partial charge in [0.05, 0.1) is 23.9 Å². The van der Waals surface area contributed by atoms with Crippen LogP contribution in [0, 0.1) is 0 Å². The first-order valence-electron chi connectivity index (χ1n) is 6.20. The standard InChI is InChI=1S/C13H16O6S/c1-18-12-5-4-10(7-11(12)13(14)15)20(16,17)8-9-3-2-6-19-9/h4-5,7,9H,2-3,6,8H2,1H3,(H,14,15). The lowest BCUT2D eigenvalue weighted by molar-refractivity contribution is 0.0693. The molecule has 110 valence electrons. The minimum Gasteiger partial charge on any atom is -0.496 e. The molecule has 6 nitrogen and oxygen atoms in total. The minimum atomic E-state index is -3.57. The van der Waals surface area contributed by atoms with E-state index < -0.39 is 15.8 Å². The molecule has 1 N–H and O–H groups in total. The number of hydrogen-bond acceptors (Lipinski definition) is 5. The Hall–Kier alpha value is -1.60. The number of carbonyl (C=O) groups is 1. The highest BCUT2D eigenvalue weighted by molar-refractivity contribution is 7.91. The van der Waals surface area contributed by atoms with Crippen molar-refractivity contribution in [2.45, 2.75) is 23.8 Å². The van der Waals surface area contributed by atoms with Crippen molar-refractivity contribution in [3.05, 3.63) is 23.8 Å². The number of benzene rings is 1. The molecule has 1 saturated heterocycles. The summed E-state index contributed by atoms with van der Waals surface area (Å²) < 4.78 is 34.7. The first-order chi connectivity index (χ1) is 9.44. The van der Waals surface area contributed by atoms with Gasteiger partial charge in [-0.1, -0.05) is 0 Å². The normalized spacial score (nSPS) is 18.9. The summed E-state index contributed by atoms with van der Waals surface area (Å²) in [4.78, 5) is 11.1. The monoisotopic (exact) mass is 300 g/mol. The lowest BCUT2D eigenvalue weighted by atomic mass is 10.2. The molecule has 0 bridgehead atoms. The van der Waals surface area contributed by atoms with E-state index in [1.165, 1.54) is 19.2 Å². The average molecular weight is 300 g/mol. The molecule has 1 aromatic carbocycles. The van der Waals surface area contributed by atoms with Gasteiger partial charge in [-0.3, -0.25) is 0 Å². The summed E-state index contributed by atoms with van der Waals surface area (Å²) in [5.41, 5.74) is -0.166. The fourth-order valence-corrected chi connectivity index (χ4v) is 3.68. The molecule has 0 saturated carbocycles. The average Bonchev–Trinajstić information content (AvgIpc) is 2.89. The Morgan fingerprint density at radius 2 is 2.25 bits per heavy atom. The Kier molecular flexibility index (Phi) is 4.29. The van der Waals surface area contributed by atoms with E-state index in [-0.39, 0.29) is 28.1 Å². The van der Waals surface area contributed by atoms with Gasteiger partial charge < -0.3 is 14.6 Å². The molecule has 1 heterocycles. The van der Waals surface area contributed by atoms with Crippen molar-refractivity contribution >= 4 is 15.8 Å². The van der Waals surface area contributed by atoms with Crippen molar-refractivity contribution in [2.24, 2.45) is 0 Å². The fraction of sp³-hybridized carbons (Fsp3) is 0.462. The molecular formula is C13H16O6S. The Morgan fingerprint density at radius 3 is 2.80 bits per heavy atom. The highest BCUT2D eigenvalue weighted by Crippen LogP contribution is 2.25. The maximum absolute atomic E-state index is 12.2. The van der Waals surface area contributed by atoms with Crippen LogP contribution in [0.4, 0.5) is 0 Å². The van der Waals surface area contributed by atoms with Crippen LogP contribution in [-0.2, 0) is 14.6 Å². The number of carboxylic acid groups (broad SMARTS) is 1. The van der Waals surface area contributed by atoms with Gasteiger partial charge >= 0.3 is 5.97 Å². The van der Waals surface area contributed by atoms with Crippen LogP contribution in [0.3, 0.4) is 0 Å². The van der Waals surface area contributed by atoms with E-state index in [0.717, 1.165) is 12.5 Å². The number of hydrogen-bond donors (Lipinski definition) is 1. The molecule has 7 heteroatoms. The Labute approximate surface area is 117 Å². The van der Waals surface area contributed by atoms with Gasteiger partial charge in [-0.2, -0.15) is 0 Å². The van der Waals surface area contributed by atoms with E-state index in [9.17, 15) is 13.2 Å². The van der Waals surface area contributed by atoms with E-state index in [1.807, 2.05) is 0 Å². The van der Waals surface area contributed by atoms with Crippen molar-refractivity contribution < 1.29 is 27.8 Å². The van der Waals surface area contributed by atoms with Crippen LogP contribution in [-0.4, -0.2) is 45.1 Å². The highest BCUT2D eigenvalue weighted by Gasteiger charge is 2.26. The van der Waals surface area contributed by atoms with Crippen LogP contribution in [0.2, 0.25) is 0 Å². The molecule has 1 aliphatic heterocycles. The third-order valence-corrected chi connectivity index (χ3v) is 4.97. The van der Waals surface area contributed by atoms with Gasteiger partial charge in [0, 0.05) is 6.61 Å². The summed E-state index contributed by atoms with van der Waals surface area (Å²) >= 11 is 0. The molecule has 0 radical (unpaired) electrons. The summed E-state index contributed by atoms with van der Waals surface area (Å²) in [7, 11) is -2.23. The molecule has 1 aromatic rings. The topological polar surface area (TPSA) is 89.9 Å². The van der Waals surface area contributed by atoms with E-state index >= 15 is 0 Å². The van der Waals surface area contributed by atoms with Crippen LogP contribution < -0.4 is 4.74 Å². The van der Waals surface area contributed by atoms with E-state index in [0.29, 0.717) is 13.0 Å². The number of aromatic carboxylic acids is 1. The number of carboxylic acids is 1. The van der Waals surface area contributed by atoms with Crippen LogP contribution >= 0.6 is 0 Å². The van der Waals surface area contributed by atoms with Gasteiger partial charge in [-0.25, -0.2) is 13.2 Å². The first kappa shape index (κ1) is 14.8. The third-order valence-electron chi connectivity index (χ3n) is 3.19. The lowest BCUT2D eigenvalue weighted by Gasteiger charge is -2.12. The molecule has 0 aromatic heterocycles. The molecule has 1 atom stereocenters. The van der Waals surface area contributed by atoms with Gasteiger partial charge in [-0.05, 0) is 31.0 Å². The zero-order valence-electron chi connectivity index (χ0n) is 11.0. The van der Waals surface area contributed by atoms with E-state index in [2.05, 4.69) is 0 Å². The molecule has 0 spiro atoms. The zero-order chi connectivity index (χ0) is 14.8. The summed E-state index contributed by atoms with van der Waals surface area (Å²) in [6, 6.07) is 3.84. The summed E-state index contributed by atoms with van der Waals surface area (Å²) in [6.07, 6.45) is 1.25. The third kappa shape index (κ3) is 3.10. The fourth-order valence-electron chi connectivity index (χ4n) is 2.16. The maximum Gasteiger partial charge on any atom is 0.339 e. The smallest absolute Gasteiger partial charge is 0.339 e. The highest BCUT2D eigenvalue weighted by atomic mass is 32.2. The number of ether oxygens (including phenoxy) is 2.